The molecule has 0 unspecified atom stereocenters. The van der Waals surface area contributed by atoms with E-state index >= 15 is 0 Å². The molecule has 0 aromatic carbocycles. The van der Waals surface area contributed by atoms with E-state index in [9.17, 15) is 5.11 Å². The van der Waals surface area contributed by atoms with E-state index in [1.165, 1.54) is 25.7 Å². The summed E-state index contributed by atoms with van der Waals surface area (Å²) < 4.78 is 0. The third kappa shape index (κ3) is 2.44. The lowest BCUT2D eigenvalue weighted by Gasteiger charge is -2.31. The van der Waals surface area contributed by atoms with Crippen LogP contribution < -0.4 is 5.32 Å². The molecule has 2 N–H and O–H groups in total. The molecule has 0 aromatic rings. The second kappa shape index (κ2) is 3.97. The molecule has 0 bridgehead atoms. The van der Waals surface area contributed by atoms with Crippen LogP contribution in [0.1, 0.15) is 45.4 Å². The van der Waals surface area contributed by atoms with E-state index < -0.39 is 0 Å². The van der Waals surface area contributed by atoms with Gasteiger partial charge in [0.15, 0.2) is 0 Å². The Bertz CT molecular complexity index is 167. The zero-order valence-electron chi connectivity index (χ0n) is 8.50. The summed E-state index contributed by atoms with van der Waals surface area (Å²) >= 11 is 0. The van der Waals surface area contributed by atoms with Gasteiger partial charge in [0.05, 0.1) is 6.10 Å². The van der Waals surface area contributed by atoms with Crippen LogP contribution in [0.25, 0.3) is 0 Å². The number of aliphatic hydroxyl groups is 1. The van der Waals surface area contributed by atoms with E-state index in [2.05, 4.69) is 12.2 Å². The molecular formula is C11H21NO. The van der Waals surface area contributed by atoms with Crippen molar-refractivity contribution in [2.24, 2.45) is 5.92 Å². The second-order valence-electron chi connectivity index (χ2n) is 4.75. The van der Waals surface area contributed by atoms with Crippen molar-refractivity contribution in [3.8, 4) is 0 Å². The topological polar surface area (TPSA) is 32.3 Å². The molecule has 2 saturated carbocycles. The Morgan fingerprint density at radius 1 is 1.15 bits per heavy atom. The normalized spacial score (nSPS) is 37.4. The maximum Gasteiger partial charge on any atom is 0.0693 e. The van der Waals surface area contributed by atoms with Gasteiger partial charge in [-0.25, -0.2) is 0 Å². The summed E-state index contributed by atoms with van der Waals surface area (Å²) in [6.45, 7) is 2.26. The molecule has 0 heterocycles. The first kappa shape index (κ1) is 9.47. The fraction of sp³-hybridized carbons (Fsp3) is 1.00. The van der Waals surface area contributed by atoms with Gasteiger partial charge in [-0.2, -0.15) is 0 Å². The Morgan fingerprint density at radius 3 is 2.46 bits per heavy atom. The minimum atomic E-state index is -0.0880. The van der Waals surface area contributed by atoms with Crippen LogP contribution in [-0.2, 0) is 0 Å². The third-order valence-electron chi connectivity index (χ3n) is 3.54. The highest BCUT2D eigenvalue weighted by Gasteiger charge is 2.31. The highest BCUT2D eigenvalue weighted by molar-refractivity contribution is 4.89. The first-order valence-electron chi connectivity index (χ1n) is 5.71. The highest BCUT2D eigenvalue weighted by Crippen LogP contribution is 2.33. The molecule has 2 aliphatic rings. The number of aliphatic hydroxyl groups excluding tert-OH is 1. The van der Waals surface area contributed by atoms with Gasteiger partial charge in [0.2, 0.25) is 0 Å². The zero-order chi connectivity index (χ0) is 9.26. The van der Waals surface area contributed by atoms with Gasteiger partial charge in [-0.15, -0.1) is 0 Å². The predicted molar refractivity (Wildman–Crippen MR) is 53.6 cm³/mol. The van der Waals surface area contributed by atoms with E-state index in [-0.39, 0.29) is 6.10 Å². The fourth-order valence-corrected chi connectivity index (χ4v) is 2.38. The van der Waals surface area contributed by atoms with E-state index in [0.717, 1.165) is 18.8 Å². The van der Waals surface area contributed by atoms with Crippen LogP contribution in [0.2, 0.25) is 0 Å². The molecule has 13 heavy (non-hydrogen) atoms. The van der Waals surface area contributed by atoms with Crippen molar-refractivity contribution in [2.45, 2.75) is 63.6 Å². The molecule has 2 heteroatoms. The van der Waals surface area contributed by atoms with Crippen LogP contribution >= 0.6 is 0 Å². The van der Waals surface area contributed by atoms with Gasteiger partial charge in [-0.1, -0.05) is 12.8 Å². The lowest BCUT2D eigenvalue weighted by Crippen LogP contribution is -2.46. The molecule has 0 aliphatic heterocycles. The molecule has 0 radical (unpaired) electrons. The molecule has 0 saturated heterocycles. The number of nitrogens with one attached hydrogen (secondary N) is 1. The Kier molecular flexibility index (Phi) is 2.89. The average Bonchev–Trinajstić information content (AvgIpc) is 2.91. The van der Waals surface area contributed by atoms with Crippen molar-refractivity contribution >= 4 is 0 Å². The molecule has 0 aromatic heterocycles. The number of rotatable bonds is 3. The average molecular weight is 183 g/mol. The monoisotopic (exact) mass is 183 g/mol. The first-order chi connectivity index (χ1) is 6.27. The van der Waals surface area contributed by atoms with Crippen molar-refractivity contribution in [3.05, 3.63) is 0 Å². The lowest BCUT2D eigenvalue weighted by atomic mass is 9.92. The summed E-state index contributed by atoms with van der Waals surface area (Å²) in [7, 11) is 0. The summed E-state index contributed by atoms with van der Waals surface area (Å²) in [5, 5.41) is 13.3. The van der Waals surface area contributed by atoms with Gasteiger partial charge >= 0.3 is 0 Å². The van der Waals surface area contributed by atoms with Gasteiger partial charge in [0.25, 0.3) is 0 Å². The zero-order valence-corrected chi connectivity index (χ0v) is 8.50. The largest absolute Gasteiger partial charge is 0.392 e. The maximum atomic E-state index is 9.76. The molecule has 2 fully saturated rings. The molecule has 2 rings (SSSR count). The van der Waals surface area contributed by atoms with Crippen molar-refractivity contribution in [2.75, 3.05) is 0 Å². The fourth-order valence-electron chi connectivity index (χ4n) is 2.38. The van der Waals surface area contributed by atoms with E-state index in [1.807, 2.05) is 0 Å². The van der Waals surface area contributed by atoms with Crippen LogP contribution in [0.3, 0.4) is 0 Å². The van der Waals surface area contributed by atoms with Gasteiger partial charge in [0, 0.05) is 12.1 Å². The van der Waals surface area contributed by atoms with Crippen LogP contribution in [0.5, 0.6) is 0 Å². The summed E-state index contributed by atoms with van der Waals surface area (Å²) in [5.41, 5.74) is 0. The standard InChI is InChI=1S/C11H21NO/c1-8(9-6-7-9)12-10-4-2-3-5-11(10)13/h8-13H,2-7H2,1H3/t8-,10+,11+/m0/s1. The van der Waals surface area contributed by atoms with E-state index in [1.54, 1.807) is 0 Å². The molecule has 2 aliphatic carbocycles. The van der Waals surface area contributed by atoms with Gasteiger partial charge in [0.1, 0.15) is 0 Å². The SMILES string of the molecule is C[C@H](N[C@@H]1CCCC[C@H]1O)C1CC1. The Hall–Kier alpha value is -0.0800. The quantitative estimate of drug-likeness (QED) is 0.697. The van der Waals surface area contributed by atoms with E-state index in [0.29, 0.717) is 12.1 Å². The number of hydrogen-bond acceptors (Lipinski definition) is 2. The Morgan fingerprint density at radius 2 is 1.85 bits per heavy atom. The smallest absolute Gasteiger partial charge is 0.0693 e. The van der Waals surface area contributed by atoms with Crippen molar-refractivity contribution in [1.82, 2.24) is 5.32 Å². The molecular weight excluding hydrogens is 162 g/mol. The molecule has 0 spiro atoms. The van der Waals surface area contributed by atoms with E-state index in [4.69, 9.17) is 0 Å². The third-order valence-corrected chi connectivity index (χ3v) is 3.54. The van der Waals surface area contributed by atoms with Crippen LogP contribution in [0.4, 0.5) is 0 Å². The van der Waals surface area contributed by atoms with Crippen molar-refractivity contribution in [1.29, 1.82) is 0 Å². The molecule has 76 valence electrons. The van der Waals surface area contributed by atoms with Gasteiger partial charge in [-0.3, -0.25) is 0 Å². The highest BCUT2D eigenvalue weighted by atomic mass is 16.3. The predicted octanol–water partition coefficient (Wildman–Crippen LogP) is 1.68. The lowest BCUT2D eigenvalue weighted by molar-refractivity contribution is 0.0845. The minimum absolute atomic E-state index is 0.0880. The summed E-state index contributed by atoms with van der Waals surface area (Å²) in [6.07, 6.45) is 7.33. The first-order valence-corrected chi connectivity index (χ1v) is 5.71. The van der Waals surface area contributed by atoms with Crippen LogP contribution in [-0.4, -0.2) is 23.3 Å². The Balaban J connectivity index is 1.77. The second-order valence-corrected chi connectivity index (χ2v) is 4.75. The molecule has 0 amide bonds. The maximum absolute atomic E-state index is 9.76. The van der Waals surface area contributed by atoms with Crippen molar-refractivity contribution in [3.63, 3.8) is 0 Å². The summed E-state index contributed by atoms with van der Waals surface area (Å²) in [4.78, 5) is 0. The van der Waals surface area contributed by atoms with Gasteiger partial charge < -0.3 is 10.4 Å². The molecule has 3 atom stereocenters. The summed E-state index contributed by atoms with van der Waals surface area (Å²) in [6, 6.07) is 1.00. The summed E-state index contributed by atoms with van der Waals surface area (Å²) in [5.74, 6) is 0.897. The van der Waals surface area contributed by atoms with Crippen molar-refractivity contribution < 1.29 is 5.11 Å². The van der Waals surface area contributed by atoms with Crippen LogP contribution in [0.15, 0.2) is 0 Å². The number of hydrogen-bond donors (Lipinski definition) is 2. The van der Waals surface area contributed by atoms with Gasteiger partial charge in [-0.05, 0) is 38.5 Å². The Labute approximate surface area is 80.7 Å². The minimum Gasteiger partial charge on any atom is -0.392 e. The molecule has 2 nitrogen and oxygen atoms in total. The van der Waals surface area contributed by atoms with Crippen LogP contribution in [0, 0.1) is 5.92 Å².